The maximum atomic E-state index is 3.59. The summed E-state index contributed by atoms with van der Waals surface area (Å²) in [6.45, 7) is 16.2. The van der Waals surface area contributed by atoms with Gasteiger partial charge >= 0.3 is 0 Å². The van der Waals surface area contributed by atoms with Gasteiger partial charge in [0.1, 0.15) is 0 Å². The lowest BCUT2D eigenvalue weighted by Crippen LogP contribution is -2.50. The Kier molecular flexibility index (Phi) is 4.48. The molecule has 20 heavy (non-hydrogen) atoms. The summed E-state index contributed by atoms with van der Waals surface area (Å²) in [5.74, 6) is 0.736. The fraction of sp³-hybridized carbons (Fsp3) is 1.00. The molecule has 2 atom stereocenters. The third-order valence-corrected chi connectivity index (χ3v) is 5.07. The molecule has 0 amide bonds. The monoisotopic (exact) mass is 283 g/mol. The number of hydrazine groups is 3. The maximum Gasteiger partial charge on any atom is 0.0434 e. The molecular weight excluding hydrogens is 250 g/mol. The molecular formula is C15H33N5. The second-order valence-corrected chi connectivity index (χ2v) is 8.34. The molecule has 2 heterocycles. The molecule has 0 aromatic heterocycles. The van der Waals surface area contributed by atoms with Crippen molar-refractivity contribution in [3.63, 3.8) is 0 Å². The highest BCUT2D eigenvalue weighted by molar-refractivity contribution is 4.92. The largest absolute Gasteiger partial charge is 0.255 e. The molecule has 0 aromatic carbocycles. The van der Waals surface area contributed by atoms with Crippen LogP contribution in [0.15, 0.2) is 0 Å². The van der Waals surface area contributed by atoms with Gasteiger partial charge in [0.15, 0.2) is 0 Å². The van der Waals surface area contributed by atoms with Crippen molar-refractivity contribution in [1.29, 1.82) is 0 Å². The van der Waals surface area contributed by atoms with Gasteiger partial charge in [0, 0.05) is 46.3 Å². The van der Waals surface area contributed by atoms with Crippen LogP contribution in [0.25, 0.3) is 0 Å². The summed E-state index contributed by atoms with van der Waals surface area (Å²) in [5, 5.41) is 6.76. The first kappa shape index (κ1) is 16.2. The molecule has 0 saturated carbocycles. The molecule has 2 saturated heterocycles. The highest BCUT2D eigenvalue weighted by atomic mass is 15.8. The van der Waals surface area contributed by atoms with Crippen molar-refractivity contribution in [1.82, 2.24) is 26.0 Å². The topological polar surface area (TPSA) is 33.8 Å². The van der Waals surface area contributed by atoms with Gasteiger partial charge in [-0.3, -0.25) is 5.43 Å². The summed E-state index contributed by atoms with van der Waals surface area (Å²) in [4.78, 5) is 0. The number of rotatable bonds is 3. The first-order chi connectivity index (χ1) is 9.09. The number of hydrogen-bond acceptors (Lipinski definition) is 5. The zero-order valence-corrected chi connectivity index (χ0v) is 14.3. The van der Waals surface area contributed by atoms with E-state index in [1.807, 2.05) is 0 Å². The van der Waals surface area contributed by atoms with Crippen LogP contribution in [0.1, 0.15) is 34.6 Å². The molecule has 2 aliphatic rings. The van der Waals surface area contributed by atoms with Gasteiger partial charge in [-0.15, -0.1) is 0 Å². The van der Waals surface area contributed by atoms with Crippen molar-refractivity contribution in [2.24, 2.45) is 16.7 Å². The van der Waals surface area contributed by atoms with E-state index in [-0.39, 0.29) is 5.41 Å². The molecule has 2 rings (SSSR count). The van der Waals surface area contributed by atoms with Crippen LogP contribution in [0.3, 0.4) is 0 Å². The molecule has 2 fully saturated rings. The number of nitrogens with one attached hydrogen (secondary N) is 2. The Labute approximate surface area is 124 Å². The highest BCUT2D eigenvalue weighted by Crippen LogP contribution is 2.31. The van der Waals surface area contributed by atoms with E-state index in [1.54, 1.807) is 0 Å². The fourth-order valence-electron chi connectivity index (χ4n) is 3.11. The van der Waals surface area contributed by atoms with Crippen LogP contribution in [-0.4, -0.2) is 61.5 Å². The quantitative estimate of drug-likeness (QED) is 0.812. The van der Waals surface area contributed by atoms with E-state index < -0.39 is 0 Å². The molecule has 5 heteroatoms. The average Bonchev–Trinajstić information content (AvgIpc) is 2.86. The lowest BCUT2D eigenvalue weighted by molar-refractivity contribution is 0.0396. The summed E-state index contributed by atoms with van der Waals surface area (Å²) >= 11 is 0. The first-order valence-corrected chi connectivity index (χ1v) is 7.79. The molecule has 5 nitrogen and oxygen atoms in total. The van der Waals surface area contributed by atoms with Gasteiger partial charge in [0.05, 0.1) is 0 Å². The summed E-state index contributed by atoms with van der Waals surface area (Å²) in [7, 11) is 4.21. The Balaban J connectivity index is 1.90. The average molecular weight is 283 g/mol. The van der Waals surface area contributed by atoms with Gasteiger partial charge in [-0.05, 0) is 16.7 Å². The Morgan fingerprint density at radius 1 is 1.05 bits per heavy atom. The van der Waals surface area contributed by atoms with Crippen LogP contribution < -0.4 is 10.9 Å². The van der Waals surface area contributed by atoms with Crippen molar-refractivity contribution < 1.29 is 0 Å². The van der Waals surface area contributed by atoms with E-state index in [0.29, 0.717) is 11.5 Å². The van der Waals surface area contributed by atoms with Crippen molar-refractivity contribution in [3.8, 4) is 0 Å². The van der Waals surface area contributed by atoms with Gasteiger partial charge in [-0.2, -0.15) is 5.12 Å². The van der Waals surface area contributed by atoms with E-state index in [2.05, 4.69) is 74.7 Å². The lowest BCUT2D eigenvalue weighted by atomic mass is 9.81. The van der Waals surface area contributed by atoms with E-state index in [4.69, 9.17) is 0 Å². The highest BCUT2D eigenvalue weighted by Gasteiger charge is 2.40. The molecule has 0 radical (unpaired) electrons. The Morgan fingerprint density at radius 2 is 1.70 bits per heavy atom. The lowest BCUT2D eigenvalue weighted by Gasteiger charge is -2.35. The van der Waals surface area contributed by atoms with Gasteiger partial charge < -0.3 is 0 Å². The van der Waals surface area contributed by atoms with Gasteiger partial charge in [-0.1, -0.05) is 34.6 Å². The third kappa shape index (κ3) is 3.52. The van der Waals surface area contributed by atoms with Crippen LogP contribution in [0, 0.1) is 16.7 Å². The van der Waals surface area contributed by atoms with Crippen LogP contribution in [-0.2, 0) is 0 Å². The number of nitrogens with zero attached hydrogens (tertiary/aromatic N) is 3. The van der Waals surface area contributed by atoms with Crippen LogP contribution in [0.2, 0.25) is 0 Å². The van der Waals surface area contributed by atoms with Crippen molar-refractivity contribution >= 4 is 0 Å². The van der Waals surface area contributed by atoms with Crippen molar-refractivity contribution in [3.05, 3.63) is 0 Å². The van der Waals surface area contributed by atoms with Crippen molar-refractivity contribution in [2.45, 2.75) is 40.7 Å². The molecule has 0 bridgehead atoms. The molecule has 118 valence electrons. The minimum atomic E-state index is 0.235. The summed E-state index contributed by atoms with van der Waals surface area (Å²) in [6, 6.07) is 0.494. The normalized spacial score (nSPS) is 31.4. The number of hydrogen-bond donors (Lipinski definition) is 2. The summed E-state index contributed by atoms with van der Waals surface area (Å²) < 4.78 is 0. The van der Waals surface area contributed by atoms with E-state index in [0.717, 1.165) is 32.1 Å². The second kappa shape index (κ2) is 5.54. The minimum absolute atomic E-state index is 0.235. The first-order valence-electron chi connectivity index (χ1n) is 7.79. The summed E-state index contributed by atoms with van der Waals surface area (Å²) in [6.07, 6.45) is 0. The third-order valence-electron chi connectivity index (χ3n) is 5.07. The Hall–Kier alpha value is -0.200. The molecule has 2 unspecified atom stereocenters. The molecule has 2 N–H and O–H groups in total. The predicted octanol–water partition coefficient (Wildman–Crippen LogP) is 1.16. The standard InChI is InChI=1S/C15H33N5/c1-14(2,3)12-8-16-20(9-12)11-15(4,5)13-10-18(6)19(7)17-13/h12-13,16-17H,8-11H2,1-7H3. The molecule has 0 aliphatic carbocycles. The summed E-state index contributed by atoms with van der Waals surface area (Å²) in [5.41, 5.74) is 7.78. The number of likely N-dealkylation sites (N-methyl/N-ethyl adjacent to an activating group) is 1. The second-order valence-electron chi connectivity index (χ2n) is 8.34. The minimum Gasteiger partial charge on any atom is -0.255 e. The van der Waals surface area contributed by atoms with E-state index in [1.165, 1.54) is 0 Å². The molecule has 0 spiro atoms. The zero-order valence-electron chi connectivity index (χ0n) is 14.3. The SMILES string of the molecule is CN1CC(C(C)(C)CN2CC(C(C)(C)C)CN2)NN1C. The van der Waals surface area contributed by atoms with Crippen LogP contribution in [0.5, 0.6) is 0 Å². The molecule has 2 aliphatic heterocycles. The fourth-order valence-corrected chi connectivity index (χ4v) is 3.11. The van der Waals surface area contributed by atoms with E-state index in [9.17, 15) is 0 Å². The van der Waals surface area contributed by atoms with Gasteiger partial charge in [0.25, 0.3) is 0 Å². The van der Waals surface area contributed by atoms with Crippen molar-refractivity contribution in [2.75, 3.05) is 40.3 Å². The molecule has 0 aromatic rings. The predicted molar refractivity (Wildman–Crippen MR) is 83.6 cm³/mol. The smallest absolute Gasteiger partial charge is 0.0434 e. The Morgan fingerprint density at radius 3 is 2.15 bits per heavy atom. The van der Waals surface area contributed by atoms with Crippen LogP contribution >= 0.6 is 0 Å². The zero-order chi connectivity index (χ0) is 15.1. The Bertz CT molecular complexity index is 326. The van der Waals surface area contributed by atoms with Gasteiger partial charge in [0.2, 0.25) is 0 Å². The van der Waals surface area contributed by atoms with Gasteiger partial charge in [-0.25, -0.2) is 15.4 Å². The van der Waals surface area contributed by atoms with Crippen LogP contribution in [0.4, 0.5) is 0 Å². The van der Waals surface area contributed by atoms with E-state index >= 15 is 0 Å². The maximum absolute atomic E-state index is 3.59.